The van der Waals surface area contributed by atoms with E-state index in [-0.39, 0.29) is 17.6 Å². The third-order valence-corrected chi connectivity index (χ3v) is 4.98. The van der Waals surface area contributed by atoms with Gasteiger partial charge in [0.25, 0.3) is 5.91 Å². The molecule has 2 aromatic carbocycles. The van der Waals surface area contributed by atoms with Crippen molar-refractivity contribution in [2.24, 2.45) is 0 Å². The lowest BCUT2D eigenvalue weighted by molar-refractivity contribution is -0.121. The second-order valence-corrected chi connectivity index (χ2v) is 7.26. The number of thiocarbonyl (C=S) groups is 1. The summed E-state index contributed by atoms with van der Waals surface area (Å²) in [6.07, 6.45) is 2.49. The van der Waals surface area contributed by atoms with Crippen LogP contribution in [0.25, 0.3) is 0 Å². The zero-order valence-electron chi connectivity index (χ0n) is 15.1. The fourth-order valence-electron chi connectivity index (χ4n) is 2.91. The number of carbonyl (C=O) groups excluding carboxylic acids is 1. The molecule has 5 nitrogen and oxygen atoms in total. The van der Waals surface area contributed by atoms with Crippen LogP contribution in [-0.4, -0.2) is 30.7 Å². The molecular formula is C20H22ClN3O2S. The average molecular weight is 404 g/mol. The smallest absolute Gasteiger partial charge is 0.264 e. The number of carbonyl (C=O) groups is 1. The van der Waals surface area contributed by atoms with Crippen molar-refractivity contribution in [2.75, 3.05) is 29.9 Å². The van der Waals surface area contributed by atoms with Crippen molar-refractivity contribution in [1.82, 2.24) is 5.32 Å². The summed E-state index contributed by atoms with van der Waals surface area (Å²) in [7, 11) is 0. The number of nitrogens with zero attached hydrogens (tertiary/aromatic N) is 1. The summed E-state index contributed by atoms with van der Waals surface area (Å²) in [5.41, 5.74) is 2.93. The molecule has 1 aliphatic heterocycles. The molecule has 1 saturated heterocycles. The van der Waals surface area contributed by atoms with E-state index in [4.69, 9.17) is 28.6 Å². The molecule has 0 atom stereocenters. The molecule has 0 radical (unpaired) electrons. The van der Waals surface area contributed by atoms with Gasteiger partial charge in [0.2, 0.25) is 0 Å². The van der Waals surface area contributed by atoms with Gasteiger partial charge in [-0.1, -0.05) is 11.6 Å². The Hall–Kier alpha value is -2.31. The highest BCUT2D eigenvalue weighted by molar-refractivity contribution is 7.80. The minimum atomic E-state index is -0.325. The number of rotatable bonds is 5. The van der Waals surface area contributed by atoms with Gasteiger partial charge < -0.3 is 15.0 Å². The van der Waals surface area contributed by atoms with E-state index in [0.29, 0.717) is 10.8 Å². The Labute approximate surface area is 169 Å². The van der Waals surface area contributed by atoms with Crippen LogP contribution in [0.3, 0.4) is 0 Å². The molecule has 1 aliphatic rings. The van der Waals surface area contributed by atoms with Gasteiger partial charge in [-0.05, 0) is 80.0 Å². The Bertz CT molecular complexity index is 820. The summed E-state index contributed by atoms with van der Waals surface area (Å²) in [5, 5.41) is 6.53. The third-order valence-electron chi connectivity index (χ3n) is 4.35. The maximum absolute atomic E-state index is 12.0. The minimum Gasteiger partial charge on any atom is -0.484 e. The first-order chi connectivity index (χ1) is 13.0. The van der Waals surface area contributed by atoms with Crippen LogP contribution in [0, 0.1) is 6.92 Å². The SMILES string of the molecule is Cc1cc(OCC(=O)NC(=S)Nc2ccc(N3CCCC3)cc2)ccc1Cl. The molecule has 7 heteroatoms. The molecule has 2 N–H and O–H groups in total. The monoisotopic (exact) mass is 403 g/mol. The molecule has 0 saturated carbocycles. The van der Waals surface area contributed by atoms with Crippen molar-refractivity contribution < 1.29 is 9.53 Å². The van der Waals surface area contributed by atoms with Crippen LogP contribution in [0.1, 0.15) is 18.4 Å². The maximum atomic E-state index is 12.0. The van der Waals surface area contributed by atoms with Crippen LogP contribution in [0.4, 0.5) is 11.4 Å². The topological polar surface area (TPSA) is 53.6 Å². The summed E-state index contributed by atoms with van der Waals surface area (Å²) in [6.45, 7) is 3.96. The Morgan fingerprint density at radius 2 is 1.89 bits per heavy atom. The van der Waals surface area contributed by atoms with E-state index in [1.54, 1.807) is 18.2 Å². The van der Waals surface area contributed by atoms with E-state index in [0.717, 1.165) is 24.3 Å². The summed E-state index contributed by atoms with van der Waals surface area (Å²) in [5.74, 6) is 0.261. The summed E-state index contributed by atoms with van der Waals surface area (Å²) in [6, 6.07) is 13.3. The summed E-state index contributed by atoms with van der Waals surface area (Å²) in [4.78, 5) is 14.4. The normalized spacial score (nSPS) is 13.3. The molecule has 0 aromatic heterocycles. The van der Waals surface area contributed by atoms with Crippen LogP contribution in [0.2, 0.25) is 5.02 Å². The molecule has 0 bridgehead atoms. The number of nitrogens with one attached hydrogen (secondary N) is 2. The average Bonchev–Trinajstić information content (AvgIpc) is 3.18. The zero-order chi connectivity index (χ0) is 19.2. The van der Waals surface area contributed by atoms with E-state index < -0.39 is 0 Å². The summed E-state index contributed by atoms with van der Waals surface area (Å²) < 4.78 is 5.46. The number of hydrogen-bond acceptors (Lipinski definition) is 4. The van der Waals surface area contributed by atoms with Crippen LogP contribution >= 0.6 is 23.8 Å². The highest BCUT2D eigenvalue weighted by Gasteiger charge is 2.12. The van der Waals surface area contributed by atoms with Gasteiger partial charge in [0.15, 0.2) is 11.7 Å². The first-order valence-corrected chi connectivity index (χ1v) is 9.65. The quantitative estimate of drug-likeness (QED) is 0.735. The van der Waals surface area contributed by atoms with E-state index in [9.17, 15) is 4.79 Å². The molecule has 2 aromatic rings. The van der Waals surface area contributed by atoms with Gasteiger partial charge in [-0.3, -0.25) is 10.1 Å². The van der Waals surface area contributed by atoms with Crippen LogP contribution in [0.5, 0.6) is 5.75 Å². The predicted octanol–water partition coefficient (Wildman–Crippen LogP) is 4.14. The third kappa shape index (κ3) is 5.58. The first kappa shape index (κ1) is 19.5. The lowest BCUT2D eigenvalue weighted by Gasteiger charge is -2.18. The van der Waals surface area contributed by atoms with Gasteiger partial charge in [-0.25, -0.2) is 0 Å². The molecule has 142 valence electrons. The number of ether oxygens (including phenoxy) is 1. The second kappa shape index (κ2) is 9.06. The molecule has 1 heterocycles. The number of hydrogen-bond donors (Lipinski definition) is 2. The Morgan fingerprint density at radius 1 is 1.19 bits per heavy atom. The second-order valence-electron chi connectivity index (χ2n) is 6.44. The standard InChI is InChI=1S/C20H22ClN3O2S/c1-14-12-17(8-9-18(14)21)26-13-19(25)23-20(27)22-15-4-6-16(7-5-15)24-10-2-3-11-24/h4-9,12H,2-3,10-11,13H2,1H3,(H2,22,23,25,27). The van der Waals surface area contributed by atoms with Gasteiger partial charge in [0.05, 0.1) is 0 Å². The molecule has 0 spiro atoms. The highest BCUT2D eigenvalue weighted by atomic mass is 35.5. The number of halogens is 1. The Morgan fingerprint density at radius 3 is 2.56 bits per heavy atom. The molecule has 27 heavy (non-hydrogen) atoms. The van der Waals surface area contributed by atoms with Crippen LogP contribution in [-0.2, 0) is 4.79 Å². The molecule has 3 rings (SSSR count). The lowest BCUT2D eigenvalue weighted by Crippen LogP contribution is -2.37. The van der Waals surface area contributed by atoms with E-state index in [1.165, 1.54) is 18.5 Å². The fourth-order valence-corrected chi connectivity index (χ4v) is 3.26. The zero-order valence-corrected chi connectivity index (χ0v) is 16.7. The Kier molecular flexibility index (Phi) is 6.53. The van der Waals surface area contributed by atoms with Gasteiger partial charge in [0.1, 0.15) is 5.75 Å². The fraction of sp³-hybridized carbons (Fsp3) is 0.300. The number of anilines is 2. The first-order valence-electron chi connectivity index (χ1n) is 8.86. The van der Waals surface area contributed by atoms with Gasteiger partial charge >= 0.3 is 0 Å². The van der Waals surface area contributed by atoms with E-state index in [1.807, 2.05) is 19.1 Å². The van der Waals surface area contributed by atoms with Gasteiger partial charge in [0, 0.05) is 29.5 Å². The number of aryl methyl sites for hydroxylation is 1. The predicted molar refractivity (Wildman–Crippen MR) is 114 cm³/mol. The van der Waals surface area contributed by atoms with E-state index >= 15 is 0 Å². The molecular weight excluding hydrogens is 382 g/mol. The molecule has 0 aliphatic carbocycles. The lowest BCUT2D eigenvalue weighted by atomic mass is 10.2. The van der Waals surface area contributed by atoms with Crippen molar-refractivity contribution in [2.45, 2.75) is 19.8 Å². The van der Waals surface area contributed by atoms with Gasteiger partial charge in [-0.15, -0.1) is 0 Å². The highest BCUT2D eigenvalue weighted by Crippen LogP contribution is 2.22. The van der Waals surface area contributed by atoms with Crippen molar-refractivity contribution in [3.63, 3.8) is 0 Å². The molecule has 1 fully saturated rings. The van der Waals surface area contributed by atoms with Crippen LogP contribution in [0.15, 0.2) is 42.5 Å². The van der Waals surface area contributed by atoms with Crippen LogP contribution < -0.4 is 20.3 Å². The van der Waals surface area contributed by atoms with Crippen molar-refractivity contribution >= 4 is 46.2 Å². The summed E-state index contributed by atoms with van der Waals surface area (Å²) >= 11 is 11.2. The van der Waals surface area contributed by atoms with Crippen molar-refractivity contribution in [1.29, 1.82) is 0 Å². The molecule has 1 amide bonds. The minimum absolute atomic E-state index is 0.128. The number of benzene rings is 2. The maximum Gasteiger partial charge on any atom is 0.264 e. The largest absolute Gasteiger partial charge is 0.484 e. The molecule has 0 unspecified atom stereocenters. The van der Waals surface area contributed by atoms with Crippen molar-refractivity contribution in [3.8, 4) is 5.75 Å². The van der Waals surface area contributed by atoms with E-state index in [2.05, 4.69) is 27.7 Å². The van der Waals surface area contributed by atoms with Gasteiger partial charge in [-0.2, -0.15) is 0 Å². The number of amides is 1. The Balaban J connectivity index is 1.45. The van der Waals surface area contributed by atoms with Crippen molar-refractivity contribution in [3.05, 3.63) is 53.1 Å².